The van der Waals surface area contributed by atoms with E-state index in [1.807, 2.05) is 30.3 Å². The van der Waals surface area contributed by atoms with E-state index >= 15 is 0 Å². The summed E-state index contributed by atoms with van der Waals surface area (Å²) in [7, 11) is 0. The molecule has 0 aliphatic heterocycles. The fraction of sp³-hybridized carbons (Fsp3) is 0.263. The molecule has 4 nitrogen and oxygen atoms in total. The molecule has 126 valence electrons. The Bertz CT molecular complexity index is 674. The maximum absolute atomic E-state index is 13.4. The van der Waals surface area contributed by atoms with Crippen LogP contribution in [0, 0.1) is 5.82 Å². The molecule has 2 amide bonds. The highest BCUT2D eigenvalue weighted by Crippen LogP contribution is 2.06. The van der Waals surface area contributed by atoms with Crippen LogP contribution in [-0.2, 0) is 22.4 Å². The molecule has 0 fully saturated rings. The number of halogens is 1. The molecule has 0 atom stereocenters. The van der Waals surface area contributed by atoms with Crippen molar-refractivity contribution in [3.63, 3.8) is 0 Å². The van der Waals surface area contributed by atoms with Crippen molar-refractivity contribution in [3.8, 4) is 0 Å². The summed E-state index contributed by atoms with van der Waals surface area (Å²) < 4.78 is 13.4. The Hall–Kier alpha value is -2.69. The second-order valence-electron chi connectivity index (χ2n) is 5.48. The summed E-state index contributed by atoms with van der Waals surface area (Å²) >= 11 is 0. The predicted molar refractivity (Wildman–Crippen MR) is 90.9 cm³/mol. The summed E-state index contributed by atoms with van der Waals surface area (Å²) in [6, 6.07) is 16.1. The number of carbonyl (C=O) groups is 2. The van der Waals surface area contributed by atoms with Crippen molar-refractivity contribution in [3.05, 3.63) is 71.5 Å². The maximum atomic E-state index is 13.4. The normalized spacial score (nSPS) is 10.2. The van der Waals surface area contributed by atoms with Gasteiger partial charge in [0, 0.05) is 6.54 Å². The molecule has 0 bridgehead atoms. The van der Waals surface area contributed by atoms with Gasteiger partial charge in [0.2, 0.25) is 11.8 Å². The topological polar surface area (TPSA) is 58.2 Å². The molecule has 0 unspecified atom stereocenters. The third kappa shape index (κ3) is 6.20. The molecule has 0 heterocycles. The highest BCUT2D eigenvalue weighted by molar-refractivity contribution is 5.85. The minimum Gasteiger partial charge on any atom is -0.355 e. The van der Waals surface area contributed by atoms with Gasteiger partial charge < -0.3 is 10.6 Å². The molecule has 0 aromatic heterocycles. The van der Waals surface area contributed by atoms with Gasteiger partial charge in [-0.2, -0.15) is 0 Å². The van der Waals surface area contributed by atoms with Crippen LogP contribution in [-0.4, -0.2) is 24.9 Å². The number of benzene rings is 2. The Morgan fingerprint density at radius 3 is 2.33 bits per heavy atom. The highest BCUT2D eigenvalue weighted by atomic mass is 19.1. The van der Waals surface area contributed by atoms with Crippen molar-refractivity contribution in [2.75, 3.05) is 13.1 Å². The number of nitrogens with one attached hydrogen (secondary N) is 2. The zero-order valence-electron chi connectivity index (χ0n) is 13.4. The second kappa shape index (κ2) is 9.45. The average Bonchev–Trinajstić information content (AvgIpc) is 2.60. The summed E-state index contributed by atoms with van der Waals surface area (Å²) in [6.45, 7) is 0.454. The van der Waals surface area contributed by atoms with Gasteiger partial charge in [-0.25, -0.2) is 4.39 Å². The van der Waals surface area contributed by atoms with Gasteiger partial charge in [-0.1, -0.05) is 48.5 Å². The molecule has 0 saturated heterocycles. The summed E-state index contributed by atoms with van der Waals surface area (Å²) in [5, 5.41) is 5.25. The van der Waals surface area contributed by atoms with Gasteiger partial charge in [0.25, 0.3) is 0 Å². The van der Waals surface area contributed by atoms with E-state index in [0.29, 0.717) is 12.1 Å². The third-order valence-corrected chi connectivity index (χ3v) is 3.56. The third-order valence-electron chi connectivity index (χ3n) is 3.56. The number of amides is 2. The van der Waals surface area contributed by atoms with E-state index in [9.17, 15) is 14.0 Å². The van der Waals surface area contributed by atoms with Crippen LogP contribution in [0.25, 0.3) is 0 Å². The van der Waals surface area contributed by atoms with Crippen LogP contribution < -0.4 is 10.6 Å². The van der Waals surface area contributed by atoms with Crippen molar-refractivity contribution in [1.29, 1.82) is 0 Å². The SMILES string of the molecule is O=C(CNC(=O)Cc1ccccc1F)NCCCc1ccccc1. The Balaban J connectivity index is 1.60. The lowest BCUT2D eigenvalue weighted by Crippen LogP contribution is -2.38. The molecule has 0 spiro atoms. The number of aryl methyl sites for hydroxylation is 1. The molecule has 5 heteroatoms. The number of hydrogen-bond donors (Lipinski definition) is 2. The van der Waals surface area contributed by atoms with Gasteiger partial charge in [-0.3, -0.25) is 9.59 Å². The van der Waals surface area contributed by atoms with Crippen LogP contribution in [0.1, 0.15) is 17.5 Å². The average molecular weight is 328 g/mol. The minimum absolute atomic E-state index is 0.0754. The summed E-state index contributed by atoms with van der Waals surface area (Å²) in [5.74, 6) is -1.04. The first kappa shape index (κ1) is 17.7. The second-order valence-corrected chi connectivity index (χ2v) is 5.48. The molecule has 0 aliphatic carbocycles. The van der Waals surface area contributed by atoms with Gasteiger partial charge in [0.15, 0.2) is 0 Å². The Labute approximate surface area is 141 Å². The van der Waals surface area contributed by atoms with Gasteiger partial charge in [0.1, 0.15) is 5.82 Å². The van der Waals surface area contributed by atoms with Crippen LogP contribution >= 0.6 is 0 Å². The van der Waals surface area contributed by atoms with Crippen LogP contribution in [0.4, 0.5) is 4.39 Å². The molecule has 0 radical (unpaired) electrons. The van der Waals surface area contributed by atoms with Crippen LogP contribution in [0.2, 0.25) is 0 Å². The first-order valence-corrected chi connectivity index (χ1v) is 7.96. The van der Waals surface area contributed by atoms with Crippen molar-refractivity contribution >= 4 is 11.8 Å². The molecule has 2 aromatic rings. The first-order chi connectivity index (χ1) is 11.6. The monoisotopic (exact) mass is 328 g/mol. The number of carbonyl (C=O) groups excluding carboxylic acids is 2. The predicted octanol–water partition coefficient (Wildman–Crippen LogP) is 2.23. The largest absolute Gasteiger partial charge is 0.355 e. The van der Waals surface area contributed by atoms with E-state index in [1.165, 1.54) is 11.6 Å². The van der Waals surface area contributed by atoms with Gasteiger partial charge >= 0.3 is 0 Å². The van der Waals surface area contributed by atoms with Crippen molar-refractivity contribution < 1.29 is 14.0 Å². The van der Waals surface area contributed by atoms with Crippen LogP contribution in [0.15, 0.2) is 54.6 Å². The van der Waals surface area contributed by atoms with E-state index in [-0.39, 0.29) is 24.8 Å². The van der Waals surface area contributed by atoms with Gasteiger partial charge in [-0.05, 0) is 30.0 Å². The van der Waals surface area contributed by atoms with Crippen LogP contribution in [0.3, 0.4) is 0 Å². The lowest BCUT2D eigenvalue weighted by Gasteiger charge is -2.07. The fourth-order valence-electron chi connectivity index (χ4n) is 2.28. The molecule has 0 aliphatic rings. The highest BCUT2D eigenvalue weighted by Gasteiger charge is 2.09. The summed E-state index contributed by atoms with van der Waals surface area (Å²) in [6.07, 6.45) is 1.65. The number of hydrogen-bond acceptors (Lipinski definition) is 2. The Morgan fingerprint density at radius 2 is 1.58 bits per heavy atom. The Kier molecular flexibility index (Phi) is 6.95. The minimum atomic E-state index is -0.419. The van der Waals surface area contributed by atoms with Crippen LogP contribution in [0.5, 0.6) is 0 Å². The molecule has 24 heavy (non-hydrogen) atoms. The standard InChI is InChI=1S/C19H21FN2O2/c20-17-11-5-4-10-16(17)13-18(23)22-14-19(24)21-12-6-9-15-7-2-1-3-8-15/h1-5,7-8,10-11H,6,9,12-14H2,(H,21,24)(H,22,23). The Morgan fingerprint density at radius 1 is 0.875 bits per heavy atom. The van der Waals surface area contributed by atoms with Gasteiger partial charge in [0.05, 0.1) is 13.0 Å². The van der Waals surface area contributed by atoms with E-state index in [2.05, 4.69) is 10.6 Å². The first-order valence-electron chi connectivity index (χ1n) is 7.96. The smallest absolute Gasteiger partial charge is 0.239 e. The maximum Gasteiger partial charge on any atom is 0.239 e. The number of rotatable bonds is 8. The zero-order valence-corrected chi connectivity index (χ0v) is 13.4. The van der Waals surface area contributed by atoms with Crippen molar-refractivity contribution in [2.24, 2.45) is 0 Å². The lowest BCUT2D eigenvalue weighted by atomic mass is 10.1. The summed E-state index contributed by atoms with van der Waals surface area (Å²) in [5.41, 5.74) is 1.54. The van der Waals surface area contributed by atoms with Gasteiger partial charge in [-0.15, -0.1) is 0 Å². The zero-order chi connectivity index (χ0) is 17.2. The molecular formula is C19H21FN2O2. The fourth-order valence-corrected chi connectivity index (χ4v) is 2.28. The summed E-state index contributed by atoms with van der Waals surface area (Å²) in [4.78, 5) is 23.4. The van der Waals surface area contributed by atoms with E-state index in [0.717, 1.165) is 12.8 Å². The molecule has 2 rings (SSSR count). The quantitative estimate of drug-likeness (QED) is 0.730. The van der Waals surface area contributed by atoms with Crippen molar-refractivity contribution in [1.82, 2.24) is 10.6 Å². The molecular weight excluding hydrogens is 307 g/mol. The molecule has 2 N–H and O–H groups in total. The molecule has 2 aromatic carbocycles. The van der Waals surface area contributed by atoms with E-state index < -0.39 is 5.82 Å². The molecule has 0 saturated carbocycles. The van der Waals surface area contributed by atoms with E-state index in [1.54, 1.807) is 18.2 Å². The van der Waals surface area contributed by atoms with E-state index in [4.69, 9.17) is 0 Å². The van der Waals surface area contributed by atoms with Crippen molar-refractivity contribution in [2.45, 2.75) is 19.3 Å². The lowest BCUT2D eigenvalue weighted by molar-refractivity contribution is -0.125.